The van der Waals surface area contributed by atoms with E-state index in [-0.39, 0.29) is 0 Å². The predicted molar refractivity (Wildman–Crippen MR) is 80.9 cm³/mol. The summed E-state index contributed by atoms with van der Waals surface area (Å²) in [6, 6.07) is 6.92. The molecule has 5 nitrogen and oxygen atoms in total. The normalized spacial score (nSPS) is 15.5. The highest BCUT2D eigenvalue weighted by Gasteiger charge is 2.30. The molecular weight excluding hydrogens is 311 g/mol. The molecule has 0 unspecified atom stereocenters. The van der Waals surface area contributed by atoms with Gasteiger partial charge in [0.1, 0.15) is 12.3 Å². The fourth-order valence-corrected chi connectivity index (χ4v) is 2.43. The van der Waals surface area contributed by atoms with Gasteiger partial charge >= 0.3 is 12.2 Å². The lowest BCUT2D eigenvalue weighted by Gasteiger charge is -2.36. The lowest BCUT2D eigenvalue weighted by Crippen LogP contribution is -2.53. The van der Waals surface area contributed by atoms with Crippen molar-refractivity contribution >= 4 is 11.7 Å². The largest absolute Gasteiger partial charge is 0.492 e. The van der Waals surface area contributed by atoms with E-state index < -0.39 is 18.8 Å². The lowest BCUT2D eigenvalue weighted by molar-refractivity contribution is -0.123. The standard InChI is InChI=1S/C15H20F3N3O2/c1-2-23-13-6-4-3-5-12(13)20-7-9-21(10-8-20)14(22)19-11-15(16,17)18/h3-6H,2,7-11H2,1H3,(H,19,22). The van der Waals surface area contributed by atoms with E-state index in [1.807, 2.05) is 36.5 Å². The van der Waals surface area contributed by atoms with E-state index in [1.54, 1.807) is 0 Å². The van der Waals surface area contributed by atoms with Gasteiger partial charge in [-0.15, -0.1) is 0 Å². The second-order valence-electron chi connectivity index (χ2n) is 5.15. The lowest BCUT2D eigenvalue weighted by atomic mass is 10.2. The number of anilines is 1. The van der Waals surface area contributed by atoms with Gasteiger partial charge in [-0.05, 0) is 19.1 Å². The van der Waals surface area contributed by atoms with Gasteiger partial charge in [0.2, 0.25) is 0 Å². The molecule has 23 heavy (non-hydrogen) atoms. The number of carbonyl (C=O) groups excluding carboxylic acids is 1. The van der Waals surface area contributed by atoms with Crippen LogP contribution in [0.15, 0.2) is 24.3 Å². The number of amides is 2. The Morgan fingerprint density at radius 1 is 1.22 bits per heavy atom. The number of nitrogens with one attached hydrogen (secondary N) is 1. The third-order valence-electron chi connectivity index (χ3n) is 3.51. The number of para-hydroxylation sites is 2. The zero-order chi connectivity index (χ0) is 16.9. The molecule has 1 aliphatic rings. The van der Waals surface area contributed by atoms with E-state index in [4.69, 9.17) is 4.74 Å². The molecule has 1 saturated heterocycles. The molecule has 1 fully saturated rings. The van der Waals surface area contributed by atoms with Crippen molar-refractivity contribution in [2.45, 2.75) is 13.1 Å². The third-order valence-corrected chi connectivity index (χ3v) is 3.51. The first-order valence-corrected chi connectivity index (χ1v) is 7.47. The molecule has 0 atom stereocenters. The number of carbonyl (C=O) groups is 1. The number of nitrogens with zero attached hydrogens (tertiary/aromatic N) is 2. The van der Waals surface area contributed by atoms with Gasteiger partial charge in [0.15, 0.2) is 0 Å². The number of alkyl halides is 3. The summed E-state index contributed by atoms with van der Waals surface area (Å²) in [4.78, 5) is 15.2. The Kier molecular flexibility index (Phi) is 5.57. The van der Waals surface area contributed by atoms with Crippen LogP contribution in [0.2, 0.25) is 0 Å². The van der Waals surface area contributed by atoms with Crippen LogP contribution in [0.5, 0.6) is 5.75 Å². The highest BCUT2D eigenvalue weighted by atomic mass is 19.4. The third kappa shape index (κ3) is 4.94. The molecule has 1 aromatic carbocycles. The van der Waals surface area contributed by atoms with E-state index in [1.165, 1.54) is 4.90 Å². The number of urea groups is 1. The summed E-state index contributed by atoms with van der Waals surface area (Å²) in [5, 5.41) is 1.90. The molecule has 1 aliphatic heterocycles. The molecule has 0 aromatic heterocycles. The van der Waals surface area contributed by atoms with E-state index in [2.05, 4.69) is 4.90 Å². The van der Waals surface area contributed by atoms with Crippen LogP contribution in [-0.2, 0) is 0 Å². The summed E-state index contributed by atoms with van der Waals surface area (Å²) >= 11 is 0. The number of benzene rings is 1. The number of rotatable bonds is 4. The second-order valence-corrected chi connectivity index (χ2v) is 5.15. The highest BCUT2D eigenvalue weighted by Crippen LogP contribution is 2.28. The summed E-state index contributed by atoms with van der Waals surface area (Å²) in [6.07, 6.45) is -4.39. The smallest absolute Gasteiger partial charge is 0.405 e. The molecule has 8 heteroatoms. The van der Waals surface area contributed by atoms with Crippen molar-refractivity contribution in [3.8, 4) is 5.75 Å². The van der Waals surface area contributed by atoms with E-state index in [0.717, 1.165) is 11.4 Å². The highest BCUT2D eigenvalue weighted by molar-refractivity contribution is 5.74. The van der Waals surface area contributed by atoms with Crippen molar-refractivity contribution in [3.63, 3.8) is 0 Å². The van der Waals surface area contributed by atoms with Crippen molar-refractivity contribution < 1.29 is 22.7 Å². The maximum Gasteiger partial charge on any atom is 0.405 e. The van der Waals surface area contributed by atoms with Crippen LogP contribution in [0.4, 0.5) is 23.7 Å². The first kappa shape index (κ1) is 17.2. The molecule has 0 aliphatic carbocycles. The minimum absolute atomic E-state index is 0.365. The molecular formula is C15H20F3N3O2. The average Bonchev–Trinajstić information content (AvgIpc) is 2.53. The van der Waals surface area contributed by atoms with Gasteiger partial charge in [0.05, 0.1) is 12.3 Å². The fraction of sp³-hybridized carbons (Fsp3) is 0.533. The molecule has 1 aromatic rings. The quantitative estimate of drug-likeness (QED) is 0.922. The fourth-order valence-electron chi connectivity index (χ4n) is 2.43. The van der Waals surface area contributed by atoms with Gasteiger partial charge in [-0.2, -0.15) is 13.2 Å². The Labute approximate surface area is 133 Å². The van der Waals surface area contributed by atoms with Crippen LogP contribution in [0, 0.1) is 0 Å². The second kappa shape index (κ2) is 7.43. The van der Waals surface area contributed by atoms with Gasteiger partial charge in [-0.25, -0.2) is 4.79 Å². The Balaban J connectivity index is 1.90. The molecule has 1 N–H and O–H groups in total. The average molecular weight is 331 g/mol. The van der Waals surface area contributed by atoms with Crippen molar-refractivity contribution in [2.24, 2.45) is 0 Å². The number of hydrogen-bond donors (Lipinski definition) is 1. The van der Waals surface area contributed by atoms with E-state index in [9.17, 15) is 18.0 Å². The predicted octanol–water partition coefficient (Wildman–Crippen LogP) is 2.48. The van der Waals surface area contributed by atoms with Crippen molar-refractivity contribution in [1.29, 1.82) is 0 Å². The van der Waals surface area contributed by atoms with Gasteiger partial charge in [-0.3, -0.25) is 0 Å². The number of piperazine rings is 1. The SMILES string of the molecule is CCOc1ccccc1N1CCN(C(=O)NCC(F)(F)F)CC1. The summed E-state index contributed by atoms with van der Waals surface area (Å²) in [5.74, 6) is 0.768. The van der Waals surface area contributed by atoms with Crippen LogP contribution in [0.1, 0.15) is 6.92 Å². The van der Waals surface area contributed by atoms with Crippen molar-refractivity contribution in [2.75, 3.05) is 44.2 Å². The first-order valence-electron chi connectivity index (χ1n) is 7.47. The molecule has 0 spiro atoms. The summed E-state index contributed by atoms with van der Waals surface area (Å²) < 4.78 is 42.0. The Hall–Kier alpha value is -2.12. The van der Waals surface area contributed by atoms with Crippen LogP contribution >= 0.6 is 0 Å². The van der Waals surface area contributed by atoms with Crippen LogP contribution < -0.4 is 15.0 Å². The summed E-state index contributed by atoms with van der Waals surface area (Å²) in [6.45, 7) is 2.97. The maximum absolute atomic E-state index is 12.1. The molecule has 0 saturated carbocycles. The Bertz CT molecular complexity index is 529. The van der Waals surface area contributed by atoms with Gasteiger partial charge in [0.25, 0.3) is 0 Å². The maximum atomic E-state index is 12.1. The van der Waals surface area contributed by atoms with Crippen LogP contribution in [-0.4, -0.2) is 56.4 Å². The molecule has 2 amide bonds. The van der Waals surface area contributed by atoms with Gasteiger partial charge in [-0.1, -0.05) is 12.1 Å². The van der Waals surface area contributed by atoms with Crippen LogP contribution in [0.3, 0.4) is 0 Å². The minimum Gasteiger partial charge on any atom is -0.492 e. The van der Waals surface area contributed by atoms with Crippen molar-refractivity contribution in [3.05, 3.63) is 24.3 Å². The molecule has 0 radical (unpaired) electrons. The topological polar surface area (TPSA) is 44.8 Å². The van der Waals surface area contributed by atoms with E-state index >= 15 is 0 Å². The number of ether oxygens (including phenoxy) is 1. The monoisotopic (exact) mass is 331 g/mol. The van der Waals surface area contributed by atoms with Gasteiger partial charge in [0, 0.05) is 26.2 Å². The Morgan fingerprint density at radius 2 is 1.87 bits per heavy atom. The zero-order valence-electron chi connectivity index (χ0n) is 12.9. The molecule has 1 heterocycles. The van der Waals surface area contributed by atoms with Crippen molar-refractivity contribution in [1.82, 2.24) is 10.2 Å². The van der Waals surface area contributed by atoms with Gasteiger partial charge < -0.3 is 19.9 Å². The molecule has 128 valence electrons. The number of hydrogen-bond acceptors (Lipinski definition) is 3. The van der Waals surface area contributed by atoms with Crippen LogP contribution in [0.25, 0.3) is 0 Å². The Morgan fingerprint density at radius 3 is 2.48 bits per heavy atom. The summed E-state index contributed by atoms with van der Waals surface area (Å²) in [5.41, 5.74) is 0.935. The minimum atomic E-state index is -4.39. The van der Waals surface area contributed by atoms with E-state index in [0.29, 0.717) is 32.8 Å². The number of halogens is 3. The molecule has 0 bridgehead atoms. The first-order chi connectivity index (χ1) is 10.9. The zero-order valence-corrected chi connectivity index (χ0v) is 12.9. The summed E-state index contributed by atoms with van der Waals surface area (Å²) in [7, 11) is 0. The molecule has 2 rings (SSSR count).